The molecule has 4 rings (SSSR count). The smallest absolute Gasteiger partial charge is 0.253 e. The van der Waals surface area contributed by atoms with Crippen molar-refractivity contribution in [2.24, 2.45) is 0 Å². The molecule has 2 aliphatic heterocycles. The lowest BCUT2D eigenvalue weighted by atomic mass is 10.1. The molecule has 2 aliphatic rings. The Hall–Kier alpha value is -2.34. The van der Waals surface area contributed by atoms with Crippen LogP contribution in [0.15, 0.2) is 35.0 Å². The Labute approximate surface area is 157 Å². The van der Waals surface area contributed by atoms with Crippen LogP contribution >= 0.6 is 11.3 Å². The lowest BCUT2D eigenvalue weighted by Crippen LogP contribution is -2.33. The van der Waals surface area contributed by atoms with Crippen molar-refractivity contribution < 1.29 is 14.3 Å². The molecule has 0 unspecified atom stereocenters. The molecule has 0 N–H and O–H groups in total. The standard InChI is InChI=1S/C20H22N2O3S/c23-19(11-15-5-10-26-14-15)22-8-9-25-18-4-3-16(12-17(18)13-22)20(24)21-6-1-2-7-21/h3-5,10,12,14H,1-2,6-9,11,13H2. The highest BCUT2D eigenvalue weighted by atomic mass is 32.1. The van der Waals surface area contributed by atoms with Crippen molar-refractivity contribution in [2.45, 2.75) is 25.8 Å². The van der Waals surface area contributed by atoms with Crippen LogP contribution in [0.25, 0.3) is 0 Å². The summed E-state index contributed by atoms with van der Waals surface area (Å²) in [5.74, 6) is 0.940. The molecular formula is C20H22N2O3S. The number of thiophene rings is 1. The van der Waals surface area contributed by atoms with Crippen LogP contribution in [0.2, 0.25) is 0 Å². The first kappa shape index (κ1) is 17.1. The Balaban J connectivity index is 1.51. The Morgan fingerprint density at radius 1 is 1.08 bits per heavy atom. The average molecular weight is 370 g/mol. The summed E-state index contributed by atoms with van der Waals surface area (Å²) < 4.78 is 5.81. The number of likely N-dealkylation sites (tertiary alicyclic amines) is 1. The molecule has 0 saturated carbocycles. The maximum atomic E-state index is 12.7. The van der Waals surface area contributed by atoms with E-state index in [0.717, 1.165) is 42.8 Å². The number of hydrogen-bond donors (Lipinski definition) is 0. The molecule has 0 aliphatic carbocycles. The van der Waals surface area contributed by atoms with Crippen molar-refractivity contribution in [1.82, 2.24) is 9.80 Å². The molecule has 0 bridgehead atoms. The zero-order chi connectivity index (χ0) is 17.9. The molecule has 6 heteroatoms. The largest absolute Gasteiger partial charge is 0.491 e. The normalized spacial score (nSPS) is 16.8. The molecule has 0 radical (unpaired) electrons. The molecule has 1 aromatic carbocycles. The predicted octanol–water partition coefficient (Wildman–Crippen LogP) is 2.95. The van der Waals surface area contributed by atoms with Crippen molar-refractivity contribution in [3.63, 3.8) is 0 Å². The molecule has 5 nitrogen and oxygen atoms in total. The number of benzene rings is 1. The van der Waals surface area contributed by atoms with Crippen LogP contribution < -0.4 is 4.74 Å². The summed E-state index contributed by atoms with van der Waals surface area (Å²) in [5.41, 5.74) is 2.64. The van der Waals surface area contributed by atoms with E-state index in [4.69, 9.17) is 4.74 Å². The van der Waals surface area contributed by atoms with Gasteiger partial charge in [0.15, 0.2) is 0 Å². The second kappa shape index (κ2) is 7.50. The van der Waals surface area contributed by atoms with Crippen LogP contribution in [0.5, 0.6) is 5.75 Å². The quantitative estimate of drug-likeness (QED) is 0.835. The topological polar surface area (TPSA) is 49.9 Å². The summed E-state index contributed by atoms with van der Waals surface area (Å²) in [5, 5.41) is 3.99. The zero-order valence-electron chi connectivity index (χ0n) is 14.6. The van der Waals surface area contributed by atoms with Gasteiger partial charge in [-0.2, -0.15) is 11.3 Å². The van der Waals surface area contributed by atoms with E-state index >= 15 is 0 Å². The number of amides is 2. The van der Waals surface area contributed by atoms with Crippen molar-refractivity contribution in [2.75, 3.05) is 26.2 Å². The summed E-state index contributed by atoms with van der Waals surface area (Å²) >= 11 is 1.60. The maximum Gasteiger partial charge on any atom is 0.253 e. The first-order valence-corrected chi connectivity index (χ1v) is 9.99. The third kappa shape index (κ3) is 3.60. The Bertz CT molecular complexity index is 797. The highest BCUT2D eigenvalue weighted by molar-refractivity contribution is 7.08. The van der Waals surface area contributed by atoms with Gasteiger partial charge in [-0.05, 0) is 53.4 Å². The van der Waals surface area contributed by atoms with Gasteiger partial charge in [-0.15, -0.1) is 0 Å². The van der Waals surface area contributed by atoms with Gasteiger partial charge in [-0.25, -0.2) is 0 Å². The van der Waals surface area contributed by atoms with Crippen LogP contribution in [0.4, 0.5) is 0 Å². The second-order valence-electron chi connectivity index (χ2n) is 6.79. The summed E-state index contributed by atoms with van der Waals surface area (Å²) in [7, 11) is 0. The van der Waals surface area contributed by atoms with Crippen LogP contribution in [0, 0.1) is 0 Å². The number of rotatable bonds is 3. The van der Waals surface area contributed by atoms with E-state index in [0.29, 0.717) is 31.7 Å². The zero-order valence-corrected chi connectivity index (χ0v) is 15.5. The minimum absolute atomic E-state index is 0.0747. The summed E-state index contributed by atoms with van der Waals surface area (Å²) in [6.45, 7) is 3.18. The fourth-order valence-electron chi connectivity index (χ4n) is 3.52. The van der Waals surface area contributed by atoms with Gasteiger partial charge < -0.3 is 14.5 Å². The van der Waals surface area contributed by atoms with Gasteiger partial charge in [-0.1, -0.05) is 0 Å². The number of fused-ring (bicyclic) bond motifs is 1. The fourth-order valence-corrected chi connectivity index (χ4v) is 4.19. The van der Waals surface area contributed by atoms with Crippen LogP contribution in [-0.2, 0) is 17.8 Å². The predicted molar refractivity (Wildman–Crippen MR) is 101 cm³/mol. The first-order chi connectivity index (χ1) is 12.7. The van der Waals surface area contributed by atoms with Gasteiger partial charge >= 0.3 is 0 Å². The second-order valence-corrected chi connectivity index (χ2v) is 7.57. The van der Waals surface area contributed by atoms with Gasteiger partial charge in [-0.3, -0.25) is 9.59 Å². The minimum atomic E-state index is 0.0747. The van der Waals surface area contributed by atoms with Gasteiger partial charge in [0.05, 0.1) is 13.0 Å². The van der Waals surface area contributed by atoms with Crippen LogP contribution in [0.3, 0.4) is 0 Å². The lowest BCUT2D eigenvalue weighted by Gasteiger charge is -2.20. The fraction of sp³-hybridized carbons (Fsp3) is 0.400. The molecule has 2 amide bonds. The van der Waals surface area contributed by atoms with E-state index in [9.17, 15) is 9.59 Å². The van der Waals surface area contributed by atoms with Crippen LogP contribution in [-0.4, -0.2) is 47.9 Å². The number of carbonyl (C=O) groups excluding carboxylic acids is 2. The monoisotopic (exact) mass is 370 g/mol. The molecule has 0 atom stereocenters. The van der Waals surface area contributed by atoms with E-state index < -0.39 is 0 Å². The summed E-state index contributed by atoms with van der Waals surface area (Å²) in [6, 6.07) is 7.58. The third-order valence-corrected chi connectivity index (χ3v) is 5.70. The highest BCUT2D eigenvalue weighted by Gasteiger charge is 2.24. The summed E-state index contributed by atoms with van der Waals surface area (Å²) in [4.78, 5) is 29.0. The molecule has 1 fully saturated rings. The number of ether oxygens (including phenoxy) is 1. The number of carbonyl (C=O) groups is 2. The number of hydrogen-bond acceptors (Lipinski definition) is 4. The van der Waals surface area contributed by atoms with E-state index in [1.54, 1.807) is 11.3 Å². The Morgan fingerprint density at radius 2 is 1.92 bits per heavy atom. The van der Waals surface area contributed by atoms with E-state index in [1.165, 1.54) is 0 Å². The van der Waals surface area contributed by atoms with E-state index in [1.807, 2.05) is 44.8 Å². The van der Waals surface area contributed by atoms with Gasteiger partial charge in [0.2, 0.25) is 5.91 Å². The van der Waals surface area contributed by atoms with Gasteiger partial charge in [0.25, 0.3) is 5.91 Å². The Morgan fingerprint density at radius 3 is 2.69 bits per heavy atom. The van der Waals surface area contributed by atoms with Crippen molar-refractivity contribution in [1.29, 1.82) is 0 Å². The highest BCUT2D eigenvalue weighted by Crippen LogP contribution is 2.26. The molecule has 2 aromatic rings. The van der Waals surface area contributed by atoms with Crippen molar-refractivity contribution >= 4 is 23.2 Å². The lowest BCUT2D eigenvalue weighted by molar-refractivity contribution is -0.131. The van der Waals surface area contributed by atoms with Crippen LogP contribution in [0.1, 0.15) is 34.3 Å². The van der Waals surface area contributed by atoms with Crippen molar-refractivity contribution in [3.8, 4) is 5.75 Å². The third-order valence-electron chi connectivity index (χ3n) is 4.97. The van der Waals surface area contributed by atoms with Gasteiger partial charge in [0.1, 0.15) is 12.4 Å². The summed E-state index contributed by atoms with van der Waals surface area (Å²) in [6.07, 6.45) is 2.56. The maximum absolute atomic E-state index is 12.7. The number of nitrogens with zero attached hydrogens (tertiary/aromatic N) is 2. The molecule has 0 spiro atoms. The molecular weight excluding hydrogens is 348 g/mol. The molecule has 1 aromatic heterocycles. The Kier molecular flexibility index (Phi) is 4.93. The molecule has 1 saturated heterocycles. The van der Waals surface area contributed by atoms with Crippen molar-refractivity contribution in [3.05, 3.63) is 51.7 Å². The first-order valence-electron chi connectivity index (χ1n) is 9.04. The van der Waals surface area contributed by atoms with E-state index in [-0.39, 0.29) is 11.8 Å². The van der Waals surface area contributed by atoms with Gasteiger partial charge in [0, 0.05) is 30.8 Å². The molecule has 3 heterocycles. The van der Waals surface area contributed by atoms with E-state index in [2.05, 4.69) is 0 Å². The SMILES string of the molecule is O=C(Cc1ccsc1)N1CCOc2ccc(C(=O)N3CCCC3)cc2C1. The molecule has 136 valence electrons. The molecule has 26 heavy (non-hydrogen) atoms. The minimum Gasteiger partial charge on any atom is -0.491 e. The average Bonchev–Trinajstić information content (AvgIpc) is 3.31.